The molecular weight excluding hydrogens is 248 g/mol. The molecule has 0 radical (unpaired) electrons. The van der Waals surface area contributed by atoms with Crippen molar-refractivity contribution in [1.29, 1.82) is 0 Å². The van der Waals surface area contributed by atoms with Gasteiger partial charge in [0.2, 0.25) is 0 Å². The molecule has 0 unspecified atom stereocenters. The van der Waals surface area contributed by atoms with E-state index in [0.29, 0.717) is 0 Å². The molecule has 1 aromatic carbocycles. The monoisotopic (exact) mass is 272 g/mol. The summed E-state index contributed by atoms with van der Waals surface area (Å²) in [5.74, 6) is 0.972. The van der Waals surface area contributed by atoms with Crippen molar-refractivity contribution < 1.29 is 0 Å². The molecular formula is C16H24N4. The van der Waals surface area contributed by atoms with Gasteiger partial charge < -0.3 is 5.32 Å². The Bertz CT molecular complexity index is 534. The highest BCUT2D eigenvalue weighted by Crippen LogP contribution is 2.08. The van der Waals surface area contributed by atoms with Crippen LogP contribution in [-0.4, -0.2) is 20.3 Å². The molecule has 0 aliphatic carbocycles. The van der Waals surface area contributed by atoms with E-state index in [-0.39, 0.29) is 5.54 Å². The highest BCUT2D eigenvalue weighted by atomic mass is 15.3. The maximum atomic E-state index is 4.34. The molecule has 0 saturated heterocycles. The Hall–Kier alpha value is -1.68. The topological polar surface area (TPSA) is 42.7 Å². The van der Waals surface area contributed by atoms with Gasteiger partial charge >= 0.3 is 0 Å². The van der Waals surface area contributed by atoms with Crippen molar-refractivity contribution in [3.8, 4) is 0 Å². The maximum Gasteiger partial charge on any atom is 0.141 e. The summed E-state index contributed by atoms with van der Waals surface area (Å²) in [5.41, 5.74) is 2.70. The van der Waals surface area contributed by atoms with Crippen LogP contribution in [0.2, 0.25) is 0 Å². The van der Waals surface area contributed by atoms with E-state index in [9.17, 15) is 0 Å². The smallest absolute Gasteiger partial charge is 0.141 e. The largest absolute Gasteiger partial charge is 0.305 e. The summed E-state index contributed by atoms with van der Waals surface area (Å²) in [5, 5.41) is 7.77. The van der Waals surface area contributed by atoms with Crippen LogP contribution in [0.15, 0.2) is 30.6 Å². The Kier molecular flexibility index (Phi) is 4.55. The Morgan fingerprint density at radius 1 is 1.10 bits per heavy atom. The lowest BCUT2D eigenvalue weighted by molar-refractivity contribution is 0.410. The Labute approximate surface area is 121 Å². The molecule has 0 aliphatic rings. The van der Waals surface area contributed by atoms with Gasteiger partial charge in [-0.15, -0.1) is 0 Å². The van der Waals surface area contributed by atoms with Crippen LogP contribution in [0.4, 0.5) is 0 Å². The number of hydrogen-bond acceptors (Lipinski definition) is 3. The van der Waals surface area contributed by atoms with Crippen molar-refractivity contribution in [1.82, 2.24) is 20.1 Å². The Morgan fingerprint density at radius 3 is 2.35 bits per heavy atom. The number of aryl methyl sites for hydroxylation is 1. The first-order chi connectivity index (χ1) is 9.48. The third-order valence-electron chi connectivity index (χ3n) is 3.24. The number of hydrogen-bond donors (Lipinski definition) is 1. The fourth-order valence-electron chi connectivity index (χ4n) is 1.95. The number of benzene rings is 1. The molecule has 2 rings (SSSR count). The van der Waals surface area contributed by atoms with Gasteiger partial charge in [0, 0.05) is 5.54 Å². The molecule has 0 saturated carbocycles. The molecule has 0 bridgehead atoms. The summed E-state index contributed by atoms with van der Waals surface area (Å²) in [6, 6.07) is 8.70. The molecule has 4 heteroatoms. The average molecular weight is 272 g/mol. The normalized spacial score (nSPS) is 11.8. The van der Waals surface area contributed by atoms with Gasteiger partial charge in [-0.1, -0.05) is 31.2 Å². The van der Waals surface area contributed by atoms with Gasteiger partial charge in [-0.2, -0.15) is 5.10 Å². The van der Waals surface area contributed by atoms with E-state index in [1.54, 1.807) is 6.33 Å². The first kappa shape index (κ1) is 14.7. The molecule has 20 heavy (non-hydrogen) atoms. The molecule has 2 aromatic rings. The number of nitrogens with one attached hydrogen (secondary N) is 1. The molecule has 0 spiro atoms. The van der Waals surface area contributed by atoms with E-state index < -0.39 is 0 Å². The third kappa shape index (κ3) is 4.17. The Morgan fingerprint density at radius 2 is 1.75 bits per heavy atom. The lowest BCUT2D eigenvalue weighted by Gasteiger charge is -2.20. The lowest BCUT2D eigenvalue weighted by atomic mass is 10.1. The fraction of sp³-hybridized carbons (Fsp3) is 0.500. The molecule has 0 fully saturated rings. The summed E-state index contributed by atoms with van der Waals surface area (Å²) in [6.07, 6.45) is 2.70. The van der Waals surface area contributed by atoms with E-state index in [0.717, 1.165) is 25.3 Å². The molecule has 1 heterocycles. The van der Waals surface area contributed by atoms with Crippen LogP contribution in [0, 0.1) is 0 Å². The van der Waals surface area contributed by atoms with Crippen LogP contribution < -0.4 is 5.32 Å². The van der Waals surface area contributed by atoms with E-state index in [2.05, 4.69) is 67.4 Å². The summed E-state index contributed by atoms with van der Waals surface area (Å²) in [4.78, 5) is 4.34. The minimum absolute atomic E-state index is 0.0829. The fourth-order valence-corrected chi connectivity index (χ4v) is 1.95. The van der Waals surface area contributed by atoms with Crippen LogP contribution in [0.1, 0.15) is 44.6 Å². The van der Waals surface area contributed by atoms with Gasteiger partial charge in [0.05, 0.1) is 13.1 Å². The zero-order chi connectivity index (χ0) is 14.6. The second kappa shape index (κ2) is 6.18. The van der Waals surface area contributed by atoms with Crippen molar-refractivity contribution in [2.24, 2.45) is 0 Å². The molecule has 4 nitrogen and oxygen atoms in total. The average Bonchev–Trinajstić information content (AvgIpc) is 2.84. The number of aromatic nitrogens is 3. The van der Waals surface area contributed by atoms with Crippen molar-refractivity contribution in [3.63, 3.8) is 0 Å². The van der Waals surface area contributed by atoms with Crippen molar-refractivity contribution in [2.75, 3.05) is 0 Å². The molecule has 108 valence electrons. The summed E-state index contributed by atoms with van der Waals surface area (Å²) in [6.45, 7) is 10.1. The van der Waals surface area contributed by atoms with Gasteiger partial charge in [-0.3, -0.25) is 0 Å². The second-order valence-electron chi connectivity index (χ2n) is 6.11. The number of nitrogens with zero attached hydrogens (tertiary/aromatic N) is 3. The van der Waals surface area contributed by atoms with Gasteiger partial charge in [-0.25, -0.2) is 9.67 Å². The zero-order valence-corrected chi connectivity index (χ0v) is 12.8. The lowest BCUT2D eigenvalue weighted by Crippen LogP contribution is -2.36. The first-order valence-electron chi connectivity index (χ1n) is 7.17. The van der Waals surface area contributed by atoms with Crippen molar-refractivity contribution in [3.05, 3.63) is 47.5 Å². The van der Waals surface area contributed by atoms with E-state index in [1.165, 1.54) is 11.1 Å². The maximum absolute atomic E-state index is 4.34. The van der Waals surface area contributed by atoms with Crippen LogP contribution >= 0.6 is 0 Å². The van der Waals surface area contributed by atoms with Crippen LogP contribution in [-0.2, 0) is 19.5 Å². The first-order valence-corrected chi connectivity index (χ1v) is 7.17. The van der Waals surface area contributed by atoms with Gasteiger partial charge in [0.1, 0.15) is 12.2 Å². The SMILES string of the molecule is CCc1ccc(Cn2ncnc2CNC(C)(C)C)cc1. The molecule has 0 atom stereocenters. The minimum Gasteiger partial charge on any atom is -0.305 e. The summed E-state index contributed by atoms with van der Waals surface area (Å²) >= 11 is 0. The molecule has 0 aliphatic heterocycles. The highest BCUT2D eigenvalue weighted by Gasteiger charge is 2.11. The quantitative estimate of drug-likeness (QED) is 0.910. The highest BCUT2D eigenvalue weighted by molar-refractivity contribution is 5.22. The number of rotatable bonds is 5. The molecule has 0 amide bonds. The van der Waals surface area contributed by atoms with E-state index in [1.807, 2.05) is 4.68 Å². The molecule has 1 N–H and O–H groups in total. The Balaban J connectivity index is 2.04. The van der Waals surface area contributed by atoms with Crippen LogP contribution in [0.3, 0.4) is 0 Å². The summed E-state index contributed by atoms with van der Waals surface area (Å²) in [7, 11) is 0. The van der Waals surface area contributed by atoms with Gasteiger partial charge in [0.25, 0.3) is 0 Å². The van der Waals surface area contributed by atoms with Gasteiger partial charge in [0.15, 0.2) is 0 Å². The minimum atomic E-state index is 0.0829. The van der Waals surface area contributed by atoms with Gasteiger partial charge in [-0.05, 0) is 38.3 Å². The molecule has 1 aromatic heterocycles. The predicted octanol–water partition coefficient (Wildman–Crippen LogP) is 2.78. The van der Waals surface area contributed by atoms with Crippen molar-refractivity contribution >= 4 is 0 Å². The third-order valence-corrected chi connectivity index (χ3v) is 3.24. The van der Waals surface area contributed by atoms with E-state index in [4.69, 9.17) is 0 Å². The zero-order valence-electron chi connectivity index (χ0n) is 12.8. The second-order valence-corrected chi connectivity index (χ2v) is 6.11. The predicted molar refractivity (Wildman–Crippen MR) is 81.5 cm³/mol. The van der Waals surface area contributed by atoms with Crippen molar-refractivity contribution in [2.45, 2.75) is 52.7 Å². The summed E-state index contributed by atoms with van der Waals surface area (Å²) < 4.78 is 1.96. The standard InChI is InChI=1S/C16H24N4/c1-5-13-6-8-14(9-7-13)11-20-15(17-12-19-20)10-18-16(2,3)4/h6-9,12,18H,5,10-11H2,1-4H3. The van der Waals surface area contributed by atoms with E-state index >= 15 is 0 Å². The van der Waals surface area contributed by atoms with Crippen LogP contribution in [0.25, 0.3) is 0 Å². The van der Waals surface area contributed by atoms with Crippen LogP contribution in [0.5, 0.6) is 0 Å².